The molecule has 0 saturated heterocycles. The first-order chi connectivity index (χ1) is 9.83. The van der Waals surface area contributed by atoms with Crippen LogP contribution in [0.5, 0.6) is 0 Å². The fourth-order valence-electron chi connectivity index (χ4n) is 2.30. The van der Waals surface area contributed by atoms with Gasteiger partial charge in [-0.3, -0.25) is 4.98 Å². The van der Waals surface area contributed by atoms with Gasteiger partial charge in [0, 0.05) is 49.1 Å². The summed E-state index contributed by atoms with van der Waals surface area (Å²) in [6.07, 6.45) is 5.63. The summed E-state index contributed by atoms with van der Waals surface area (Å²) in [4.78, 5) is 4.08. The molecule has 0 saturated carbocycles. The Morgan fingerprint density at radius 2 is 2.15 bits per heavy atom. The maximum absolute atomic E-state index is 13.1. The molecule has 3 aromatic rings. The zero-order chi connectivity index (χ0) is 13.8. The van der Waals surface area contributed by atoms with Crippen LogP contribution in [-0.4, -0.2) is 16.1 Å². The number of hydrogen-bond acceptors (Lipinski definition) is 2. The highest BCUT2D eigenvalue weighted by Crippen LogP contribution is 2.16. The smallest absolute Gasteiger partial charge is 0.123 e. The molecule has 0 unspecified atom stereocenters. The first kappa shape index (κ1) is 12.8. The molecule has 0 atom stereocenters. The Labute approximate surface area is 117 Å². The molecule has 3 rings (SSSR count). The Kier molecular flexibility index (Phi) is 3.74. The van der Waals surface area contributed by atoms with E-state index < -0.39 is 0 Å². The van der Waals surface area contributed by atoms with Gasteiger partial charge in [0.15, 0.2) is 0 Å². The van der Waals surface area contributed by atoms with Crippen molar-refractivity contribution < 1.29 is 4.39 Å². The van der Waals surface area contributed by atoms with Crippen LogP contribution in [0.15, 0.2) is 55.0 Å². The van der Waals surface area contributed by atoms with Gasteiger partial charge in [-0.15, -0.1) is 0 Å². The Morgan fingerprint density at radius 1 is 1.20 bits per heavy atom. The highest BCUT2D eigenvalue weighted by Gasteiger charge is 2.01. The molecular weight excluding hydrogens is 253 g/mol. The van der Waals surface area contributed by atoms with Crippen molar-refractivity contribution in [1.82, 2.24) is 14.9 Å². The Morgan fingerprint density at radius 3 is 3.00 bits per heavy atom. The van der Waals surface area contributed by atoms with E-state index in [4.69, 9.17) is 0 Å². The number of halogens is 1. The lowest BCUT2D eigenvalue weighted by Crippen LogP contribution is -2.19. The van der Waals surface area contributed by atoms with Gasteiger partial charge in [-0.25, -0.2) is 4.39 Å². The maximum Gasteiger partial charge on any atom is 0.123 e. The number of rotatable bonds is 5. The summed E-state index contributed by atoms with van der Waals surface area (Å²) in [5, 5.41) is 4.32. The predicted molar refractivity (Wildman–Crippen MR) is 77.8 cm³/mol. The number of fused-ring (bicyclic) bond motifs is 1. The topological polar surface area (TPSA) is 29.9 Å². The standard InChI is InChI=1S/C16H16FN3/c17-15-3-4-16-14(10-15)5-8-20(16)9-7-19-12-13-2-1-6-18-11-13/h1-6,8,10-11,19H,7,9,12H2. The summed E-state index contributed by atoms with van der Waals surface area (Å²) >= 11 is 0. The van der Waals surface area contributed by atoms with E-state index in [2.05, 4.69) is 14.9 Å². The fourth-order valence-corrected chi connectivity index (χ4v) is 2.30. The monoisotopic (exact) mass is 269 g/mol. The largest absolute Gasteiger partial charge is 0.346 e. The van der Waals surface area contributed by atoms with Gasteiger partial charge in [0.2, 0.25) is 0 Å². The highest BCUT2D eigenvalue weighted by atomic mass is 19.1. The van der Waals surface area contributed by atoms with E-state index in [0.29, 0.717) is 0 Å². The molecule has 3 nitrogen and oxygen atoms in total. The van der Waals surface area contributed by atoms with Crippen LogP contribution in [0.25, 0.3) is 10.9 Å². The SMILES string of the molecule is Fc1ccc2c(ccn2CCNCc2cccnc2)c1. The summed E-state index contributed by atoms with van der Waals surface area (Å²) in [7, 11) is 0. The lowest BCUT2D eigenvalue weighted by molar-refractivity contribution is 0.607. The number of hydrogen-bond donors (Lipinski definition) is 1. The third-order valence-electron chi connectivity index (χ3n) is 3.31. The van der Waals surface area contributed by atoms with Crippen LogP contribution in [0.4, 0.5) is 4.39 Å². The first-order valence-electron chi connectivity index (χ1n) is 6.67. The molecule has 1 N–H and O–H groups in total. The minimum Gasteiger partial charge on any atom is -0.346 e. The third kappa shape index (κ3) is 2.86. The molecular formula is C16H16FN3. The van der Waals surface area contributed by atoms with E-state index >= 15 is 0 Å². The van der Waals surface area contributed by atoms with E-state index in [1.54, 1.807) is 12.3 Å². The normalized spacial score (nSPS) is 11.1. The minimum absolute atomic E-state index is 0.190. The summed E-state index contributed by atoms with van der Waals surface area (Å²) in [5.74, 6) is -0.190. The second-order valence-corrected chi connectivity index (χ2v) is 4.75. The van der Waals surface area contributed by atoms with Crippen molar-refractivity contribution in [2.45, 2.75) is 13.1 Å². The second kappa shape index (κ2) is 5.84. The van der Waals surface area contributed by atoms with Crippen LogP contribution >= 0.6 is 0 Å². The number of nitrogens with zero attached hydrogens (tertiary/aromatic N) is 2. The molecule has 0 aliphatic rings. The van der Waals surface area contributed by atoms with E-state index in [9.17, 15) is 4.39 Å². The zero-order valence-electron chi connectivity index (χ0n) is 11.1. The van der Waals surface area contributed by atoms with Gasteiger partial charge in [0.05, 0.1) is 0 Å². The van der Waals surface area contributed by atoms with Crippen LogP contribution in [0.3, 0.4) is 0 Å². The van der Waals surface area contributed by atoms with Crippen LogP contribution < -0.4 is 5.32 Å². The van der Waals surface area contributed by atoms with Gasteiger partial charge in [-0.1, -0.05) is 6.07 Å². The average Bonchev–Trinajstić information content (AvgIpc) is 2.87. The van der Waals surface area contributed by atoms with Gasteiger partial charge in [0.25, 0.3) is 0 Å². The van der Waals surface area contributed by atoms with E-state index in [1.807, 2.05) is 36.7 Å². The van der Waals surface area contributed by atoms with Crippen molar-refractivity contribution in [2.24, 2.45) is 0 Å². The van der Waals surface area contributed by atoms with Gasteiger partial charge >= 0.3 is 0 Å². The third-order valence-corrected chi connectivity index (χ3v) is 3.31. The maximum atomic E-state index is 13.1. The van der Waals surface area contributed by atoms with Gasteiger partial charge in [-0.05, 0) is 35.9 Å². The first-order valence-corrected chi connectivity index (χ1v) is 6.67. The van der Waals surface area contributed by atoms with Crippen LogP contribution in [0.2, 0.25) is 0 Å². The van der Waals surface area contributed by atoms with Crippen molar-refractivity contribution >= 4 is 10.9 Å². The van der Waals surface area contributed by atoms with Gasteiger partial charge < -0.3 is 9.88 Å². The Hall–Kier alpha value is -2.20. The van der Waals surface area contributed by atoms with Crippen molar-refractivity contribution in [3.63, 3.8) is 0 Å². The number of aromatic nitrogens is 2. The summed E-state index contributed by atoms with van der Waals surface area (Å²) < 4.78 is 15.2. The molecule has 0 fully saturated rings. The van der Waals surface area contributed by atoms with Crippen molar-refractivity contribution in [3.05, 3.63) is 66.4 Å². The number of pyridine rings is 1. The zero-order valence-corrected chi connectivity index (χ0v) is 11.1. The van der Waals surface area contributed by atoms with E-state index in [-0.39, 0.29) is 5.82 Å². The molecule has 0 aliphatic carbocycles. The molecule has 2 heterocycles. The Balaban J connectivity index is 1.58. The van der Waals surface area contributed by atoms with Gasteiger partial charge in [0.1, 0.15) is 5.82 Å². The average molecular weight is 269 g/mol. The summed E-state index contributed by atoms with van der Waals surface area (Å²) in [6.45, 7) is 2.52. The van der Waals surface area contributed by atoms with E-state index in [0.717, 1.165) is 30.5 Å². The lowest BCUT2D eigenvalue weighted by Gasteiger charge is -2.07. The molecule has 2 aromatic heterocycles. The van der Waals surface area contributed by atoms with E-state index in [1.165, 1.54) is 11.6 Å². The number of nitrogens with one attached hydrogen (secondary N) is 1. The Bertz CT molecular complexity index is 691. The van der Waals surface area contributed by atoms with Crippen molar-refractivity contribution in [3.8, 4) is 0 Å². The molecule has 0 aliphatic heterocycles. The van der Waals surface area contributed by atoms with Crippen molar-refractivity contribution in [2.75, 3.05) is 6.54 Å². The van der Waals surface area contributed by atoms with Crippen LogP contribution in [0.1, 0.15) is 5.56 Å². The molecule has 0 bridgehead atoms. The molecule has 4 heteroatoms. The highest BCUT2D eigenvalue weighted by molar-refractivity contribution is 5.80. The molecule has 20 heavy (non-hydrogen) atoms. The second-order valence-electron chi connectivity index (χ2n) is 4.75. The molecule has 0 radical (unpaired) electrons. The van der Waals surface area contributed by atoms with Gasteiger partial charge in [-0.2, -0.15) is 0 Å². The quantitative estimate of drug-likeness (QED) is 0.722. The molecule has 1 aromatic carbocycles. The fraction of sp³-hybridized carbons (Fsp3) is 0.188. The molecule has 102 valence electrons. The molecule has 0 amide bonds. The van der Waals surface area contributed by atoms with Crippen LogP contribution in [-0.2, 0) is 13.1 Å². The molecule has 0 spiro atoms. The predicted octanol–water partition coefficient (Wildman–Crippen LogP) is 2.97. The lowest BCUT2D eigenvalue weighted by atomic mass is 10.2. The van der Waals surface area contributed by atoms with Crippen LogP contribution in [0, 0.1) is 5.82 Å². The summed E-state index contributed by atoms with van der Waals surface area (Å²) in [5.41, 5.74) is 2.24. The minimum atomic E-state index is -0.190. The van der Waals surface area contributed by atoms with Crippen molar-refractivity contribution in [1.29, 1.82) is 0 Å². The number of benzene rings is 1. The summed E-state index contributed by atoms with van der Waals surface area (Å²) in [6, 6.07) is 10.8.